The van der Waals surface area contributed by atoms with Crippen molar-refractivity contribution in [2.75, 3.05) is 20.3 Å². The van der Waals surface area contributed by atoms with Gasteiger partial charge in [-0.05, 0) is 29.9 Å². The third-order valence-corrected chi connectivity index (χ3v) is 3.40. The van der Waals surface area contributed by atoms with E-state index in [9.17, 15) is 4.79 Å². The van der Waals surface area contributed by atoms with Gasteiger partial charge in [0.2, 0.25) is 0 Å². The van der Waals surface area contributed by atoms with Gasteiger partial charge >= 0.3 is 5.97 Å². The lowest BCUT2D eigenvalue weighted by Crippen LogP contribution is -2.34. The van der Waals surface area contributed by atoms with Crippen molar-refractivity contribution in [3.63, 3.8) is 0 Å². The highest BCUT2D eigenvalue weighted by atomic mass is 79.9. The van der Waals surface area contributed by atoms with Gasteiger partial charge in [0, 0.05) is 24.5 Å². The zero-order valence-corrected chi connectivity index (χ0v) is 14.5. The lowest BCUT2D eigenvalue weighted by molar-refractivity contribution is -0.136. The number of nitrogens with one attached hydrogen (secondary N) is 2. The van der Waals surface area contributed by atoms with Crippen LogP contribution in [0.1, 0.15) is 18.4 Å². The Morgan fingerprint density at radius 3 is 2.64 bits per heavy atom. The number of carbonyl (C=O) groups is 1. The van der Waals surface area contributed by atoms with Crippen LogP contribution in [0.2, 0.25) is 0 Å². The van der Waals surface area contributed by atoms with Crippen molar-refractivity contribution in [1.29, 1.82) is 0 Å². The average Bonchev–Trinajstić information content (AvgIpc) is 2.48. The molecule has 0 radical (unpaired) electrons. The summed E-state index contributed by atoms with van der Waals surface area (Å²) < 4.78 is 5.85. The van der Waals surface area contributed by atoms with Crippen LogP contribution in [-0.4, -0.2) is 42.2 Å². The first-order valence-corrected chi connectivity index (χ1v) is 7.80. The summed E-state index contributed by atoms with van der Waals surface area (Å²) in [5, 5.41) is 16.3. The maximum Gasteiger partial charge on any atom is 0.303 e. The van der Waals surface area contributed by atoms with Gasteiger partial charge in [0.1, 0.15) is 0 Å². The molecule has 1 aromatic rings. The third-order valence-electron chi connectivity index (χ3n) is 2.64. The minimum absolute atomic E-state index is 0.000439. The summed E-state index contributed by atoms with van der Waals surface area (Å²) >= 11 is 8.45. The first-order chi connectivity index (χ1) is 10.5. The van der Waals surface area contributed by atoms with E-state index in [4.69, 9.17) is 22.1 Å². The fraction of sp³-hybridized carbons (Fsp3) is 0.357. The molecule has 0 aliphatic rings. The highest BCUT2D eigenvalue weighted by Gasteiger charge is 2.07. The first kappa shape index (κ1) is 18.5. The summed E-state index contributed by atoms with van der Waals surface area (Å²) in [7, 11) is 1.61. The molecule has 3 N–H and O–H groups in total. The molecule has 0 heterocycles. The Hall–Kier alpha value is -1.51. The SMILES string of the molecule is COCCNC(=S)N/N=C(/CCC(=O)O)c1ccc(Br)cc1. The van der Waals surface area contributed by atoms with E-state index in [0.29, 0.717) is 30.4 Å². The van der Waals surface area contributed by atoms with Crippen molar-refractivity contribution in [3.05, 3.63) is 34.3 Å². The van der Waals surface area contributed by atoms with Crippen molar-refractivity contribution in [2.45, 2.75) is 12.8 Å². The molecule has 0 bridgehead atoms. The van der Waals surface area contributed by atoms with Gasteiger partial charge in [-0.1, -0.05) is 28.1 Å². The third kappa shape index (κ3) is 7.48. The molecule has 0 saturated carbocycles. The van der Waals surface area contributed by atoms with E-state index in [1.807, 2.05) is 24.3 Å². The minimum Gasteiger partial charge on any atom is -0.481 e. The number of halogens is 1. The summed E-state index contributed by atoms with van der Waals surface area (Å²) in [6.07, 6.45) is 0.311. The number of carboxylic acids is 1. The summed E-state index contributed by atoms with van der Waals surface area (Å²) in [5.41, 5.74) is 4.20. The van der Waals surface area contributed by atoms with E-state index < -0.39 is 5.97 Å². The summed E-state index contributed by atoms with van der Waals surface area (Å²) in [5.74, 6) is -0.870. The van der Waals surface area contributed by atoms with Gasteiger partial charge < -0.3 is 15.2 Å². The van der Waals surface area contributed by atoms with Gasteiger partial charge in [-0.2, -0.15) is 5.10 Å². The van der Waals surface area contributed by atoms with Crippen molar-refractivity contribution in [3.8, 4) is 0 Å². The lowest BCUT2D eigenvalue weighted by Gasteiger charge is -2.09. The Morgan fingerprint density at radius 1 is 1.36 bits per heavy atom. The number of thiocarbonyl (C=S) groups is 1. The normalized spacial score (nSPS) is 11.1. The average molecular weight is 388 g/mol. The summed E-state index contributed by atoms with van der Waals surface area (Å²) in [4.78, 5) is 10.8. The fourth-order valence-corrected chi connectivity index (χ4v) is 1.97. The molecular formula is C14H18BrN3O3S. The number of methoxy groups -OCH3 is 1. The van der Waals surface area contributed by atoms with E-state index in [0.717, 1.165) is 10.0 Å². The largest absolute Gasteiger partial charge is 0.481 e. The minimum atomic E-state index is -0.870. The van der Waals surface area contributed by atoms with Gasteiger partial charge in [-0.3, -0.25) is 10.2 Å². The van der Waals surface area contributed by atoms with Crippen molar-refractivity contribution < 1.29 is 14.6 Å². The quantitative estimate of drug-likeness (QED) is 0.274. The lowest BCUT2D eigenvalue weighted by atomic mass is 10.1. The second-order valence-corrected chi connectivity index (χ2v) is 5.64. The van der Waals surface area contributed by atoms with Crippen LogP contribution in [0.5, 0.6) is 0 Å². The van der Waals surface area contributed by atoms with E-state index in [2.05, 4.69) is 31.8 Å². The molecule has 0 aliphatic carbocycles. The Balaban J connectivity index is 2.72. The fourth-order valence-electron chi connectivity index (χ4n) is 1.56. The van der Waals surface area contributed by atoms with Gasteiger partial charge in [0.25, 0.3) is 0 Å². The van der Waals surface area contributed by atoms with Crippen LogP contribution in [0.15, 0.2) is 33.8 Å². The van der Waals surface area contributed by atoms with Crippen LogP contribution in [0.25, 0.3) is 0 Å². The van der Waals surface area contributed by atoms with Gasteiger partial charge in [-0.25, -0.2) is 0 Å². The molecule has 0 aromatic heterocycles. The molecule has 0 saturated heterocycles. The van der Waals surface area contributed by atoms with Crippen molar-refractivity contribution in [1.82, 2.24) is 10.7 Å². The Kier molecular flexibility index (Phi) is 8.64. The van der Waals surface area contributed by atoms with Crippen LogP contribution in [0, 0.1) is 0 Å². The van der Waals surface area contributed by atoms with E-state index in [-0.39, 0.29) is 6.42 Å². The molecule has 22 heavy (non-hydrogen) atoms. The number of hydrazone groups is 1. The Bertz CT molecular complexity index is 535. The maximum atomic E-state index is 10.8. The number of ether oxygens (including phenoxy) is 1. The van der Waals surface area contributed by atoms with E-state index >= 15 is 0 Å². The summed E-state index contributed by atoms with van der Waals surface area (Å²) in [6.45, 7) is 1.10. The molecule has 0 spiro atoms. The molecule has 0 atom stereocenters. The second-order valence-electron chi connectivity index (χ2n) is 4.32. The molecule has 8 heteroatoms. The number of hydrogen-bond acceptors (Lipinski definition) is 4. The van der Waals surface area contributed by atoms with Gasteiger partial charge in [0.05, 0.1) is 18.7 Å². The van der Waals surface area contributed by atoms with Crippen LogP contribution >= 0.6 is 28.1 Å². The Morgan fingerprint density at radius 2 is 2.05 bits per heavy atom. The molecular weight excluding hydrogens is 370 g/mol. The summed E-state index contributed by atoms with van der Waals surface area (Å²) in [6, 6.07) is 7.49. The Labute approximate surface area is 143 Å². The maximum absolute atomic E-state index is 10.8. The van der Waals surface area contributed by atoms with Crippen LogP contribution < -0.4 is 10.7 Å². The molecule has 0 fully saturated rings. The molecule has 1 aromatic carbocycles. The standard InChI is InChI=1S/C14H18BrN3O3S/c1-21-9-8-16-14(22)18-17-12(6-7-13(19)20)10-2-4-11(15)5-3-10/h2-5H,6-9H2,1H3,(H,19,20)(H2,16,18,22)/b17-12-. The number of aliphatic carboxylic acids is 1. The molecule has 0 amide bonds. The zero-order valence-electron chi connectivity index (χ0n) is 12.1. The topological polar surface area (TPSA) is 83.0 Å². The van der Waals surface area contributed by atoms with Crippen molar-refractivity contribution >= 4 is 44.9 Å². The van der Waals surface area contributed by atoms with Crippen LogP contribution in [0.3, 0.4) is 0 Å². The van der Waals surface area contributed by atoms with Gasteiger partial charge in [-0.15, -0.1) is 0 Å². The van der Waals surface area contributed by atoms with Gasteiger partial charge in [0.15, 0.2) is 5.11 Å². The highest BCUT2D eigenvalue weighted by molar-refractivity contribution is 9.10. The van der Waals surface area contributed by atoms with Crippen LogP contribution in [0.4, 0.5) is 0 Å². The van der Waals surface area contributed by atoms with E-state index in [1.165, 1.54) is 0 Å². The molecule has 0 aliphatic heterocycles. The molecule has 1 rings (SSSR count). The predicted octanol–water partition coefficient (Wildman–Crippen LogP) is 2.13. The number of rotatable bonds is 8. The van der Waals surface area contributed by atoms with E-state index in [1.54, 1.807) is 7.11 Å². The number of carboxylic acid groups (broad SMARTS) is 1. The highest BCUT2D eigenvalue weighted by Crippen LogP contribution is 2.13. The molecule has 120 valence electrons. The first-order valence-electron chi connectivity index (χ1n) is 6.60. The molecule has 6 nitrogen and oxygen atoms in total. The predicted molar refractivity (Wildman–Crippen MR) is 93.2 cm³/mol. The number of nitrogens with zero attached hydrogens (tertiary/aromatic N) is 1. The smallest absolute Gasteiger partial charge is 0.303 e. The number of benzene rings is 1. The monoisotopic (exact) mass is 387 g/mol. The number of hydrogen-bond donors (Lipinski definition) is 3. The zero-order chi connectivity index (χ0) is 16.4. The van der Waals surface area contributed by atoms with Crippen LogP contribution in [-0.2, 0) is 9.53 Å². The van der Waals surface area contributed by atoms with Crippen molar-refractivity contribution in [2.24, 2.45) is 5.10 Å². The second kappa shape index (κ2) is 10.3. The molecule has 0 unspecified atom stereocenters.